The highest BCUT2D eigenvalue weighted by atomic mass is 79.9. The molecule has 0 aromatic heterocycles. The van der Waals surface area contributed by atoms with Crippen LogP contribution >= 0.6 is 31.9 Å². The Balaban J connectivity index is 2.17. The normalized spacial score (nSPS) is 12.6. The van der Waals surface area contributed by atoms with E-state index in [4.69, 9.17) is 0 Å². The van der Waals surface area contributed by atoms with Gasteiger partial charge in [0.15, 0.2) is 0 Å². The van der Waals surface area contributed by atoms with E-state index in [-0.39, 0.29) is 0 Å². The van der Waals surface area contributed by atoms with Crippen molar-refractivity contribution in [3.8, 4) is 0 Å². The lowest BCUT2D eigenvalue weighted by atomic mass is 9.96. The average molecular weight is 392 g/mol. The molecule has 3 aromatic carbocycles. The van der Waals surface area contributed by atoms with Crippen LogP contribution in [0.2, 0.25) is 0 Å². The molecule has 1 unspecified atom stereocenters. The van der Waals surface area contributed by atoms with E-state index >= 15 is 0 Å². The van der Waals surface area contributed by atoms with Crippen molar-refractivity contribution in [2.45, 2.75) is 6.10 Å². The zero-order valence-corrected chi connectivity index (χ0v) is 13.7. The fourth-order valence-corrected chi connectivity index (χ4v) is 3.22. The predicted octanol–water partition coefficient (Wildman–Crippen LogP) is 5.45. The van der Waals surface area contributed by atoms with Crippen LogP contribution in [-0.4, -0.2) is 5.11 Å². The minimum atomic E-state index is -0.659. The number of fused-ring (bicyclic) bond motifs is 1. The molecule has 0 amide bonds. The first kappa shape index (κ1) is 13.8. The molecule has 0 heterocycles. The second-order valence-electron chi connectivity index (χ2n) is 4.64. The highest BCUT2D eigenvalue weighted by Gasteiger charge is 2.16. The fraction of sp³-hybridized carbons (Fsp3) is 0.0588. The van der Waals surface area contributed by atoms with Crippen LogP contribution < -0.4 is 0 Å². The van der Waals surface area contributed by atoms with Crippen molar-refractivity contribution in [1.29, 1.82) is 0 Å². The predicted molar refractivity (Wildman–Crippen MR) is 89.9 cm³/mol. The molecule has 1 N–H and O–H groups in total. The first-order valence-corrected chi connectivity index (χ1v) is 7.86. The van der Waals surface area contributed by atoms with Gasteiger partial charge in [-0.15, -0.1) is 0 Å². The van der Waals surface area contributed by atoms with Gasteiger partial charge in [0.1, 0.15) is 6.10 Å². The highest BCUT2D eigenvalue weighted by Crippen LogP contribution is 2.34. The zero-order chi connectivity index (χ0) is 14.1. The second-order valence-corrected chi connectivity index (χ2v) is 6.41. The Kier molecular flexibility index (Phi) is 3.92. The third-order valence-corrected chi connectivity index (χ3v) is 4.59. The Labute approximate surface area is 134 Å². The van der Waals surface area contributed by atoms with Crippen molar-refractivity contribution in [1.82, 2.24) is 0 Å². The van der Waals surface area contributed by atoms with E-state index in [2.05, 4.69) is 44.0 Å². The van der Waals surface area contributed by atoms with Crippen LogP contribution in [0.15, 0.2) is 69.6 Å². The molecular formula is C17H12Br2O. The Morgan fingerprint density at radius 1 is 0.800 bits per heavy atom. The Morgan fingerprint density at radius 2 is 1.55 bits per heavy atom. The van der Waals surface area contributed by atoms with Crippen molar-refractivity contribution in [3.05, 3.63) is 80.7 Å². The molecule has 3 aromatic rings. The number of hydrogen-bond donors (Lipinski definition) is 1. The quantitative estimate of drug-likeness (QED) is 0.616. The summed E-state index contributed by atoms with van der Waals surface area (Å²) in [6.45, 7) is 0. The SMILES string of the molecule is OC(c1cc(Br)ccc1Br)c1cccc2ccccc12. The number of hydrogen-bond acceptors (Lipinski definition) is 1. The molecule has 3 heteroatoms. The average Bonchev–Trinajstić information content (AvgIpc) is 2.48. The number of aliphatic hydroxyl groups excluding tert-OH is 1. The van der Waals surface area contributed by atoms with E-state index in [1.807, 2.05) is 48.5 Å². The van der Waals surface area contributed by atoms with E-state index in [0.717, 1.165) is 30.8 Å². The molecule has 0 radical (unpaired) electrons. The molecule has 20 heavy (non-hydrogen) atoms. The summed E-state index contributed by atoms with van der Waals surface area (Å²) in [5, 5.41) is 13.0. The highest BCUT2D eigenvalue weighted by molar-refractivity contribution is 9.11. The first-order chi connectivity index (χ1) is 9.66. The fourth-order valence-electron chi connectivity index (χ4n) is 2.38. The number of aliphatic hydroxyl groups is 1. The summed E-state index contributed by atoms with van der Waals surface area (Å²) >= 11 is 6.97. The monoisotopic (exact) mass is 390 g/mol. The Hall–Kier alpha value is -1.16. The molecular weight excluding hydrogens is 380 g/mol. The zero-order valence-electron chi connectivity index (χ0n) is 10.6. The van der Waals surface area contributed by atoms with Gasteiger partial charge in [0, 0.05) is 14.5 Å². The molecule has 0 saturated carbocycles. The summed E-state index contributed by atoms with van der Waals surface area (Å²) in [5.41, 5.74) is 1.78. The molecule has 0 saturated heterocycles. The van der Waals surface area contributed by atoms with Crippen molar-refractivity contribution in [3.63, 3.8) is 0 Å². The van der Waals surface area contributed by atoms with Crippen molar-refractivity contribution in [2.24, 2.45) is 0 Å². The van der Waals surface area contributed by atoms with Crippen molar-refractivity contribution >= 4 is 42.6 Å². The molecule has 0 aliphatic rings. The van der Waals surface area contributed by atoms with Crippen LogP contribution in [0.25, 0.3) is 10.8 Å². The first-order valence-electron chi connectivity index (χ1n) is 6.27. The van der Waals surface area contributed by atoms with Gasteiger partial charge in [-0.3, -0.25) is 0 Å². The summed E-state index contributed by atoms with van der Waals surface area (Å²) in [7, 11) is 0. The lowest BCUT2D eigenvalue weighted by Crippen LogP contribution is -2.01. The number of halogens is 2. The van der Waals surface area contributed by atoms with Gasteiger partial charge >= 0.3 is 0 Å². The maximum absolute atomic E-state index is 10.7. The van der Waals surface area contributed by atoms with E-state index in [1.54, 1.807) is 0 Å². The van der Waals surface area contributed by atoms with Crippen LogP contribution in [0.1, 0.15) is 17.2 Å². The summed E-state index contributed by atoms with van der Waals surface area (Å²) in [6, 6.07) is 19.9. The summed E-state index contributed by atoms with van der Waals surface area (Å²) < 4.78 is 1.86. The van der Waals surface area contributed by atoms with Gasteiger partial charge in [0.05, 0.1) is 0 Å². The molecule has 0 aliphatic heterocycles. The van der Waals surface area contributed by atoms with E-state index in [9.17, 15) is 5.11 Å². The van der Waals surface area contributed by atoms with Crippen LogP contribution in [0, 0.1) is 0 Å². The molecule has 0 fully saturated rings. The maximum atomic E-state index is 10.7. The molecule has 0 spiro atoms. The third-order valence-electron chi connectivity index (χ3n) is 3.37. The standard InChI is InChI=1S/C17H12Br2O/c18-12-8-9-16(19)15(10-12)17(20)14-7-3-5-11-4-1-2-6-13(11)14/h1-10,17,20H. The van der Waals surface area contributed by atoms with Gasteiger partial charge in [0.25, 0.3) is 0 Å². The summed E-state index contributed by atoms with van der Waals surface area (Å²) in [4.78, 5) is 0. The Bertz CT molecular complexity index is 763. The lowest BCUT2D eigenvalue weighted by Gasteiger charge is -2.16. The molecule has 3 rings (SSSR count). The molecule has 0 bridgehead atoms. The van der Waals surface area contributed by atoms with Crippen molar-refractivity contribution < 1.29 is 5.11 Å². The van der Waals surface area contributed by atoms with Gasteiger partial charge in [-0.25, -0.2) is 0 Å². The van der Waals surface area contributed by atoms with Crippen LogP contribution in [0.5, 0.6) is 0 Å². The summed E-state index contributed by atoms with van der Waals surface area (Å²) in [5.74, 6) is 0. The van der Waals surface area contributed by atoms with Gasteiger partial charge in [-0.1, -0.05) is 74.3 Å². The minimum absolute atomic E-state index is 0.659. The third kappa shape index (κ3) is 2.53. The lowest BCUT2D eigenvalue weighted by molar-refractivity contribution is 0.221. The topological polar surface area (TPSA) is 20.2 Å². The Morgan fingerprint density at radius 3 is 2.40 bits per heavy atom. The van der Waals surface area contributed by atoms with E-state index in [1.165, 1.54) is 0 Å². The summed E-state index contributed by atoms with van der Waals surface area (Å²) in [6.07, 6.45) is -0.659. The largest absolute Gasteiger partial charge is 0.384 e. The number of rotatable bonds is 2. The molecule has 100 valence electrons. The smallest absolute Gasteiger partial charge is 0.106 e. The van der Waals surface area contributed by atoms with Gasteiger partial charge in [-0.05, 0) is 34.5 Å². The minimum Gasteiger partial charge on any atom is -0.384 e. The second kappa shape index (κ2) is 5.68. The number of benzene rings is 3. The van der Waals surface area contributed by atoms with E-state index in [0.29, 0.717) is 0 Å². The van der Waals surface area contributed by atoms with E-state index < -0.39 is 6.10 Å². The maximum Gasteiger partial charge on any atom is 0.106 e. The van der Waals surface area contributed by atoms with Crippen LogP contribution in [-0.2, 0) is 0 Å². The van der Waals surface area contributed by atoms with Gasteiger partial charge in [-0.2, -0.15) is 0 Å². The van der Waals surface area contributed by atoms with Crippen LogP contribution in [0.3, 0.4) is 0 Å². The molecule has 0 aliphatic carbocycles. The van der Waals surface area contributed by atoms with Gasteiger partial charge < -0.3 is 5.11 Å². The van der Waals surface area contributed by atoms with Gasteiger partial charge in [0.2, 0.25) is 0 Å². The molecule has 1 atom stereocenters. The molecule has 1 nitrogen and oxygen atoms in total. The van der Waals surface area contributed by atoms with Crippen molar-refractivity contribution in [2.75, 3.05) is 0 Å². The van der Waals surface area contributed by atoms with Crippen LogP contribution in [0.4, 0.5) is 0 Å².